The lowest BCUT2D eigenvalue weighted by molar-refractivity contribution is 0.338. The van der Waals surface area contributed by atoms with Gasteiger partial charge in [-0.1, -0.05) is 19.9 Å². The molecule has 0 aromatic heterocycles. The fourth-order valence-corrected chi connectivity index (χ4v) is 1.87. The van der Waals surface area contributed by atoms with Crippen molar-refractivity contribution in [3.63, 3.8) is 0 Å². The lowest BCUT2D eigenvalue weighted by Gasteiger charge is -2.25. The molecule has 102 valence electrons. The highest BCUT2D eigenvalue weighted by Crippen LogP contribution is 2.23. The second kappa shape index (κ2) is 6.64. The molecule has 0 heterocycles. The molecular formula is C15H26N2O. The predicted molar refractivity (Wildman–Crippen MR) is 78.3 cm³/mol. The number of methoxy groups -OCH3 is 1. The molecule has 0 aliphatic rings. The van der Waals surface area contributed by atoms with Crippen molar-refractivity contribution in [2.75, 3.05) is 32.1 Å². The van der Waals surface area contributed by atoms with Crippen LogP contribution in [0.3, 0.4) is 0 Å². The Morgan fingerprint density at radius 1 is 1.33 bits per heavy atom. The zero-order valence-corrected chi connectivity index (χ0v) is 12.1. The van der Waals surface area contributed by atoms with Gasteiger partial charge >= 0.3 is 0 Å². The number of hydrogen-bond donors (Lipinski definition) is 1. The highest BCUT2D eigenvalue weighted by molar-refractivity contribution is 5.49. The first-order valence-corrected chi connectivity index (χ1v) is 6.54. The molecule has 0 aliphatic carbocycles. The van der Waals surface area contributed by atoms with Crippen LogP contribution in [-0.2, 0) is 0 Å². The summed E-state index contributed by atoms with van der Waals surface area (Å²) in [6, 6.07) is 8.16. The Labute approximate surface area is 111 Å². The van der Waals surface area contributed by atoms with Crippen LogP contribution in [0, 0.1) is 5.41 Å². The molecule has 0 amide bonds. The number of nitrogens with zero attached hydrogens (tertiary/aromatic N) is 1. The fourth-order valence-electron chi connectivity index (χ4n) is 1.87. The van der Waals surface area contributed by atoms with E-state index >= 15 is 0 Å². The van der Waals surface area contributed by atoms with Crippen molar-refractivity contribution in [3.05, 3.63) is 24.3 Å². The first kappa shape index (κ1) is 14.8. The monoisotopic (exact) mass is 250 g/mol. The van der Waals surface area contributed by atoms with E-state index in [2.05, 4.69) is 37.9 Å². The third-order valence-electron chi connectivity index (χ3n) is 3.39. The van der Waals surface area contributed by atoms with Crippen LogP contribution in [0.1, 0.15) is 26.7 Å². The lowest BCUT2D eigenvalue weighted by Crippen LogP contribution is -2.26. The minimum atomic E-state index is 0.245. The molecule has 0 atom stereocenters. The van der Waals surface area contributed by atoms with E-state index in [1.807, 2.05) is 12.1 Å². The van der Waals surface area contributed by atoms with E-state index in [1.165, 1.54) is 5.69 Å². The molecule has 18 heavy (non-hydrogen) atoms. The van der Waals surface area contributed by atoms with E-state index in [0.29, 0.717) is 0 Å². The average molecular weight is 250 g/mol. The molecule has 0 saturated heterocycles. The number of nitrogens with two attached hydrogens (primary N) is 1. The molecule has 1 aromatic rings. The van der Waals surface area contributed by atoms with E-state index in [-0.39, 0.29) is 5.41 Å². The Bertz CT molecular complexity index is 363. The van der Waals surface area contributed by atoms with Crippen molar-refractivity contribution in [1.82, 2.24) is 0 Å². The average Bonchev–Trinajstić information content (AvgIpc) is 2.38. The maximum absolute atomic E-state index is 5.74. The van der Waals surface area contributed by atoms with E-state index in [9.17, 15) is 0 Å². The Hall–Kier alpha value is -1.22. The van der Waals surface area contributed by atoms with Gasteiger partial charge in [0.25, 0.3) is 0 Å². The van der Waals surface area contributed by atoms with Crippen molar-refractivity contribution >= 4 is 5.69 Å². The zero-order chi connectivity index (χ0) is 13.6. The molecular weight excluding hydrogens is 224 g/mol. The van der Waals surface area contributed by atoms with Crippen molar-refractivity contribution in [2.24, 2.45) is 11.1 Å². The second-order valence-corrected chi connectivity index (χ2v) is 5.59. The summed E-state index contributed by atoms with van der Waals surface area (Å²) in [4.78, 5) is 2.26. The molecule has 1 rings (SSSR count). The quantitative estimate of drug-likeness (QED) is 0.808. The molecule has 0 fully saturated rings. The first-order chi connectivity index (χ1) is 8.48. The van der Waals surface area contributed by atoms with Crippen molar-refractivity contribution in [1.29, 1.82) is 0 Å². The van der Waals surface area contributed by atoms with Gasteiger partial charge in [-0.3, -0.25) is 0 Å². The van der Waals surface area contributed by atoms with Gasteiger partial charge in [-0.15, -0.1) is 0 Å². The van der Waals surface area contributed by atoms with Crippen LogP contribution in [0.5, 0.6) is 5.75 Å². The minimum absolute atomic E-state index is 0.245. The number of benzene rings is 1. The van der Waals surface area contributed by atoms with Crippen LogP contribution in [0.25, 0.3) is 0 Å². The largest absolute Gasteiger partial charge is 0.497 e. The molecule has 0 radical (unpaired) electrons. The van der Waals surface area contributed by atoms with Gasteiger partial charge in [-0.2, -0.15) is 0 Å². The third-order valence-corrected chi connectivity index (χ3v) is 3.39. The van der Waals surface area contributed by atoms with Gasteiger partial charge in [-0.25, -0.2) is 0 Å². The number of rotatable bonds is 7. The van der Waals surface area contributed by atoms with Gasteiger partial charge < -0.3 is 15.4 Å². The van der Waals surface area contributed by atoms with Crippen molar-refractivity contribution in [3.8, 4) is 5.75 Å². The summed E-state index contributed by atoms with van der Waals surface area (Å²) in [5.41, 5.74) is 7.18. The maximum atomic E-state index is 5.74. The molecule has 3 nitrogen and oxygen atoms in total. The summed E-state index contributed by atoms with van der Waals surface area (Å²) < 4.78 is 5.24. The van der Waals surface area contributed by atoms with Crippen LogP contribution < -0.4 is 15.4 Å². The Morgan fingerprint density at radius 2 is 2.06 bits per heavy atom. The fraction of sp³-hybridized carbons (Fsp3) is 0.600. The Morgan fingerprint density at radius 3 is 2.67 bits per heavy atom. The molecule has 0 aliphatic heterocycles. The summed E-state index contributed by atoms with van der Waals surface area (Å²) >= 11 is 0. The minimum Gasteiger partial charge on any atom is -0.497 e. The number of ether oxygens (including phenoxy) is 1. The third kappa shape index (κ3) is 4.57. The van der Waals surface area contributed by atoms with Crippen LogP contribution >= 0.6 is 0 Å². The van der Waals surface area contributed by atoms with Crippen molar-refractivity contribution in [2.45, 2.75) is 26.7 Å². The van der Waals surface area contributed by atoms with Crippen molar-refractivity contribution < 1.29 is 4.74 Å². The molecule has 0 saturated carbocycles. The molecule has 0 bridgehead atoms. The van der Waals surface area contributed by atoms with Crippen LogP contribution in [-0.4, -0.2) is 27.2 Å². The zero-order valence-electron chi connectivity index (χ0n) is 12.1. The molecule has 1 aromatic carbocycles. The first-order valence-electron chi connectivity index (χ1n) is 6.54. The van der Waals surface area contributed by atoms with Gasteiger partial charge in [-0.05, 0) is 36.9 Å². The second-order valence-electron chi connectivity index (χ2n) is 5.59. The van der Waals surface area contributed by atoms with E-state index in [1.54, 1.807) is 7.11 Å². The van der Waals surface area contributed by atoms with E-state index in [0.717, 1.165) is 31.7 Å². The van der Waals surface area contributed by atoms with Gasteiger partial charge in [0.2, 0.25) is 0 Å². The standard InChI is InChI=1S/C15H26N2O/c1-15(2,12-16)9-6-10-17(3)13-7-5-8-14(11-13)18-4/h5,7-8,11H,6,9-10,12,16H2,1-4H3. The molecule has 0 spiro atoms. The summed E-state index contributed by atoms with van der Waals surface area (Å²) in [5, 5.41) is 0. The highest BCUT2D eigenvalue weighted by atomic mass is 16.5. The normalized spacial score (nSPS) is 11.4. The molecule has 0 unspecified atom stereocenters. The smallest absolute Gasteiger partial charge is 0.120 e. The van der Waals surface area contributed by atoms with Crippen LogP contribution in [0.4, 0.5) is 5.69 Å². The van der Waals surface area contributed by atoms with Gasteiger partial charge in [0.15, 0.2) is 0 Å². The number of anilines is 1. The topological polar surface area (TPSA) is 38.5 Å². The molecule has 2 N–H and O–H groups in total. The lowest BCUT2D eigenvalue weighted by atomic mass is 9.88. The Kier molecular flexibility index (Phi) is 5.48. The van der Waals surface area contributed by atoms with E-state index < -0.39 is 0 Å². The Balaban J connectivity index is 2.47. The predicted octanol–water partition coefficient (Wildman–Crippen LogP) is 2.90. The summed E-state index contributed by atoms with van der Waals surface area (Å²) in [6.45, 7) is 6.23. The van der Waals surface area contributed by atoms with E-state index in [4.69, 9.17) is 10.5 Å². The summed E-state index contributed by atoms with van der Waals surface area (Å²) in [5.74, 6) is 0.904. The molecule has 3 heteroatoms. The SMILES string of the molecule is COc1cccc(N(C)CCCC(C)(C)CN)c1. The van der Waals surface area contributed by atoms with Gasteiger partial charge in [0.1, 0.15) is 5.75 Å². The summed E-state index contributed by atoms with van der Waals surface area (Å²) in [7, 11) is 3.81. The van der Waals surface area contributed by atoms with Crippen LogP contribution in [0.2, 0.25) is 0 Å². The highest BCUT2D eigenvalue weighted by Gasteiger charge is 2.15. The van der Waals surface area contributed by atoms with Gasteiger partial charge in [0.05, 0.1) is 7.11 Å². The maximum Gasteiger partial charge on any atom is 0.120 e. The summed E-state index contributed by atoms with van der Waals surface area (Å²) in [6.07, 6.45) is 2.30. The van der Waals surface area contributed by atoms with Gasteiger partial charge in [0, 0.05) is 25.3 Å². The van der Waals surface area contributed by atoms with Crippen LogP contribution in [0.15, 0.2) is 24.3 Å². The number of hydrogen-bond acceptors (Lipinski definition) is 3.